The molecule has 0 saturated carbocycles. The summed E-state index contributed by atoms with van der Waals surface area (Å²) in [7, 11) is 0. The normalized spacial score (nSPS) is 11.7. The second-order valence-corrected chi connectivity index (χ2v) is 4.80. The van der Waals surface area contributed by atoms with E-state index in [-0.39, 0.29) is 5.41 Å². The number of hydrogen-bond acceptors (Lipinski definition) is 3. The van der Waals surface area contributed by atoms with E-state index in [4.69, 9.17) is 10.5 Å². The van der Waals surface area contributed by atoms with Gasteiger partial charge in [0.25, 0.3) is 0 Å². The summed E-state index contributed by atoms with van der Waals surface area (Å²) >= 11 is 0. The van der Waals surface area contributed by atoms with E-state index in [9.17, 15) is 0 Å². The molecule has 16 heavy (non-hydrogen) atoms. The number of nitrogens with two attached hydrogens (primary N) is 1. The molecule has 3 nitrogen and oxygen atoms in total. The van der Waals surface area contributed by atoms with Crippen molar-refractivity contribution in [1.82, 2.24) is 4.98 Å². The highest BCUT2D eigenvalue weighted by atomic mass is 16.5. The molecule has 0 amide bonds. The van der Waals surface area contributed by atoms with E-state index >= 15 is 0 Å². The van der Waals surface area contributed by atoms with Crippen LogP contribution < -0.4 is 5.73 Å². The van der Waals surface area contributed by atoms with Gasteiger partial charge in [0.05, 0.1) is 6.61 Å². The minimum absolute atomic E-state index is 0.186. The topological polar surface area (TPSA) is 48.1 Å². The molecule has 0 aliphatic rings. The van der Waals surface area contributed by atoms with E-state index in [0.29, 0.717) is 6.54 Å². The summed E-state index contributed by atoms with van der Waals surface area (Å²) in [6.07, 6.45) is 3.70. The van der Waals surface area contributed by atoms with E-state index in [2.05, 4.69) is 18.8 Å². The van der Waals surface area contributed by atoms with Crippen LogP contribution in [-0.4, -0.2) is 24.7 Å². The maximum atomic E-state index is 5.65. The maximum Gasteiger partial charge on any atom is 0.0521 e. The summed E-state index contributed by atoms with van der Waals surface area (Å²) in [5.41, 5.74) is 6.92. The van der Waals surface area contributed by atoms with Crippen molar-refractivity contribution in [2.24, 2.45) is 11.1 Å². The van der Waals surface area contributed by atoms with E-state index in [1.165, 1.54) is 0 Å². The Balaban J connectivity index is 2.09. The third-order valence-electron chi connectivity index (χ3n) is 2.70. The Kier molecular flexibility index (Phi) is 5.43. The SMILES string of the molecule is CC(C)(CN)CCOCCc1ccccn1. The van der Waals surface area contributed by atoms with Crippen molar-refractivity contribution in [3.05, 3.63) is 30.1 Å². The first-order valence-corrected chi connectivity index (χ1v) is 5.82. The summed E-state index contributed by atoms with van der Waals surface area (Å²) in [6.45, 7) is 6.54. The van der Waals surface area contributed by atoms with Crippen LogP contribution in [0.3, 0.4) is 0 Å². The molecule has 0 fully saturated rings. The summed E-state index contributed by atoms with van der Waals surface area (Å²) in [5.74, 6) is 0. The molecule has 90 valence electrons. The summed E-state index contributed by atoms with van der Waals surface area (Å²) in [4.78, 5) is 4.24. The second-order valence-electron chi connectivity index (χ2n) is 4.80. The number of pyridine rings is 1. The van der Waals surface area contributed by atoms with Crippen LogP contribution in [-0.2, 0) is 11.2 Å². The number of ether oxygens (including phenoxy) is 1. The van der Waals surface area contributed by atoms with Gasteiger partial charge in [-0.05, 0) is 30.5 Å². The van der Waals surface area contributed by atoms with Gasteiger partial charge in [-0.15, -0.1) is 0 Å². The average molecular weight is 222 g/mol. The molecule has 0 spiro atoms. The van der Waals surface area contributed by atoms with Crippen LogP contribution in [0.1, 0.15) is 26.0 Å². The van der Waals surface area contributed by atoms with Gasteiger partial charge in [0, 0.05) is 24.9 Å². The molecular weight excluding hydrogens is 200 g/mol. The molecule has 0 aliphatic carbocycles. The monoisotopic (exact) mass is 222 g/mol. The first-order chi connectivity index (χ1) is 7.64. The molecule has 0 aliphatic heterocycles. The van der Waals surface area contributed by atoms with Gasteiger partial charge in [-0.2, -0.15) is 0 Å². The first kappa shape index (κ1) is 13.1. The van der Waals surface area contributed by atoms with Crippen LogP contribution in [0.25, 0.3) is 0 Å². The van der Waals surface area contributed by atoms with Gasteiger partial charge in [0.2, 0.25) is 0 Å². The second kappa shape index (κ2) is 6.61. The Morgan fingerprint density at radius 2 is 2.12 bits per heavy atom. The van der Waals surface area contributed by atoms with Crippen LogP contribution >= 0.6 is 0 Å². The standard InChI is InChI=1S/C13H22N2O/c1-13(2,11-14)7-10-16-9-6-12-5-3-4-8-15-12/h3-5,8H,6-7,9-11,14H2,1-2H3. The van der Waals surface area contributed by atoms with Crippen molar-refractivity contribution < 1.29 is 4.74 Å². The Labute approximate surface area is 98.0 Å². The minimum atomic E-state index is 0.186. The third-order valence-corrected chi connectivity index (χ3v) is 2.70. The van der Waals surface area contributed by atoms with Gasteiger partial charge >= 0.3 is 0 Å². The van der Waals surface area contributed by atoms with Crippen molar-refractivity contribution in [3.8, 4) is 0 Å². The lowest BCUT2D eigenvalue weighted by atomic mass is 9.90. The highest BCUT2D eigenvalue weighted by molar-refractivity contribution is 5.03. The molecule has 0 aromatic carbocycles. The van der Waals surface area contributed by atoms with Gasteiger partial charge < -0.3 is 10.5 Å². The van der Waals surface area contributed by atoms with Gasteiger partial charge in [-0.1, -0.05) is 19.9 Å². The molecule has 1 rings (SSSR count). The zero-order valence-corrected chi connectivity index (χ0v) is 10.3. The fraction of sp³-hybridized carbons (Fsp3) is 0.615. The predicted octanol–water partition coefficient (Wildman–Crippen LogP) is 2.02. The quantitative estimate of drug-likeness (QED) is 0.718. The number of aromatic nitrogens is 1. The van der Waals surface area contributed by atoms with Crippen molar-refractivity contribution in [3.63, 3.8) is 0 Å². The predicted molar refractivity (Wildman–Crippen MR) is 66.2 cm³/mol. The molecule has 0 bridgehead atoms. The van der Waals surface area contributed by atoms with Gasteiger partial charge in [0.15, 0.2) is 0 Å². The smallest absolute Gasteiger partial charge is 0.0521 e. The van der Waals surface area contributed by atoms with Crippen molar-refractivity contribution in [2.45, 2.75) is 26.7 Å². The fourth-order valence-corrected chi connectivity index (χ4v) is 1.28. The largest absolute Gasteiger partial charge is 0.381 e. The minimum Gasteiger partial charge on any atom is -0.381 e. The molecular formula is C13H22N2O. The average Bonchev–Trinajstić information content (AvgIpc) is 2.30. The summed E-state index contributed by atoms with van der Waals surface area (Å²) in [5, 5.41) is 0. The fourth-order valence-electron chi connectivity index (χ4n) is 1.28. The molecule has 1 aromatic heterocycles. The van der Waals surface area contributed by atoms with Crippen molar-refractivity contribution in [2.75, 3.05) is 19.8 Å². The molecule has 0 atom stereocenters. The summed E-state index contributed by atoms with van der Waals surface area (Å²) in [6, 6.07) is 5.95. The molecule has 1 aromatic rings. The lowest BCUT2D eigenvalue weighted by Crippen LogP contribution is -2.25. The Morgan fingerprint density at radius 1 is 1.31 bits per heavy atom. The Morgan fingerprint density at radius 3 is 2.75 bits per heavy atom. The number of nitrogens with zero attached hydrogens (tertiary/aromatic N) is 1. The zero-order chi connectivity index (χ0) is 11.9. The van der Waals surface area contributed by atoms with E-state index in [1.54, 1.807) is 0 Å². The molecule has 0 unspecified atom stereocenters. The molecule has 0 radical (unpaired) electrons. The molecule has 1 heterocycles. The number of hydrogen-bond donors (Lipinski definition) is 1. The lowest BCUT2D eigenvalue weighted by molar-refractivity contribution is 0.108. The molecule has 3 heteroatoms. The lowest BCUT2D eigenvalue weighted by Gasteiger charge is -2.21. The van der Waals surface area contributed by atoms with Crippen LogP contribution in [0.4, 0.5) is 0 Å². The zero-order valence-electron chi connectivity index (χ0n) is 10.3. The van der Waals surface area contributed by atoms with Crippen molar-refractivity contribution in [1.29, 1.82) is 0 Å². The van der Waals surface area contributed by atoms with Gasteiger partial charge in [0.1, 0.15) is 0 Å². The maximum absolute atomic E-state index is 5.65. The Bertz CT molecular complexity index is 285. The van der Waals surface area contributed by atoms with Crippen LogP contribution in [0, 0.1) is 5.41 Å². The van der Waals surface area contributed by atoms with Crippen LogP contribution in [0.2, 0.25) is 0 Å². The Hall–Kier alpha value is -0.930. The summed E-state index contributed by atoms with van der Waals surface area (Å²) < 4.78 is 5.58. The van der Waals surface area contributed by atoms with E-state index in [1.807, 2.05) is 24.4 Å². The first-order valence-electron chi connectivity index (χ1n) is 5.82. The van der Waals surface area contributed by atoms with Crippen LogP contribution in [0.5, 0.6) is 0 Å². The molecule has 0 saturated heterocycles. The number of rotatable bonds is 7. The third kappa shape index (κ3) is 5.24. The van der Waals surface area contributed by atoms with Gasteiger partial charge in [-0.3, -0.25) is 4.98 Å². The molecule has 2 N–H and O–H groups in total. The van der Waals surface area contributed by atoms with Gasteiger partial charge in [-0.25, -0.2) is 0 Å². The van der Waals surface area contributed by atoms with Crippen LogP contribution in [0.15, 0.2) is 24.4 Å². The highest BCUT2D eigenvalue weighted by Crippen LogP contribution is 2.17. The van der Waals surface area contributed by atoms with E-state index in [0.717, 1.165) is 31.7 Å². The van der Waals surface area contributed by atoms with Crippen molar-refractivity contribution >= 4 is 0 Å². The highest BCUT2D eigenvalue weighted by Gasteiger charge is 2.14. The van der Waals surface area contributed by atoms with E-state index < -0.39 is 0 Å².